The molecule has 0 spiro atoms. The molecule has 0 saturated carbocycles. The second kappa shape index (κ2) is 37.3. The zero-order valence-electron chi connectivity index (χ0n) is 62.6. The second-order valence-corrected chi connectivity index (χ2v) is 27.3. The molecule has 8 N–H and O–H groups in total. The number of aromatic nitrogens is 12. The van der Waals surface area contributed by atoms with E-state index in [2.05, 4.69) is 86.7 Å². The molecule has 5 fully saturated rings. The lowest BCUT2D eigenvalue weighted by atomic mass is 10.1. The number of anilines is 11. The van der Waals surface area contributed by atoms with E-state index >= 15 is 4.39 Å². The van der Waals surface area contributed by atoms with Gasteiger partial charge in [0.15, 0.2) is 29.4 Å². The highest BCUT2D eigenvalue weighted by molar-refractivity contribution is 6.28. The molecule has 5 saturated heterocycles. The third-order valence-electron chi connectivity index (χ3n) is 19.2. The molecule has 33 heteroatoms. The number of halogens is 4. The summed E-state index contributed by atoms with van der Waals surface area (Å²) in [4.78, 5) is 68.6. The number of rotatable bonds is 18. The van der Waals surface area contributed by atoms with Gasteiger partial charge in [-0.25, -0.2) is 37.5 Å². The van der Waals surface area contributed by atoms with E-state index in [4.69, 9.17) is 51.0 Å². The number of amides is 3. The molecular weight excluding hydrogens is 1500 g/mol. The standard InChI is InChI=1S/C29H30FN7O3.C24H22FN7O2.C19H18ClN5O2.C10H13FN2O/c1-2-25(38)32-20-7-5-6-19(16-20)27-22-18-31-37(26-8-3-4-13-40-26)28(22)35-29(34-27)33-21-9-10-24(23(30)17-21)36-11-14-39-15-12-36;1-2-21(33)27-16-5-3-4-15(12-16)22-18-14-26-31-23(18)30-24(29-22)28-17-6-7-20(19(25)13-17)32-8-10-34-11-9-32;1-2-15(26)22-13-7-5-6-12(10-13)17-14-11-21-25(16-8-3-4-9-27-16)18(14)24-19(20)23-17;11-9-7-8(12)1-2-10(9)13-3-5-14-6-4-13/h2,5-7,9-10,16-18,26H,1,3-4,8,11-15H2,(H,32,38)(H,33,34,35);2-7,12-14H,1,8-11H2,(H,27,33)(H2,26,28,29,30,31);2,5-7,10-11,16H,1,3-4,8-9H2,(H,22,26);1-2,7H,3-6,12H2. The van der Waals surface area contributed by atoms with Crippen molar-refractivity contribution in [3.63, 3.8) is 0 Å². The number of fused-ring (bicyclic) bond motifs is 3. The molecule has 5 aliphatic rings. The summed E-state index contributed by atoms with van der Waals surface area (Å²) in [6, 6.07) is 36.8. The van der Waals surface area contributed by atoms with Crippen LogP contribution in [0, 0.1) is 17.5 Å². The number of ether oxygens (including phenoxy) is 5. The fourth-order valence-electron chi connectivity index (χ4n) is 13.6. The first-order valence-corrected chi connectivity index (χ1v) is 37.9. The van der Waals surface area contributed by atoms with Gasteiger partial charge in [-0.15, -0.1) is 0 Å². The highest BCUT2D eigenvalue weighted by Crippen LogP contribution is 2.37. The maximum absolute atomic E-state index is 15.1. The number of nitrogen functional groups attached to an aromatic ring is 1. The Balaban J connectivity index is 0.000000133. The maximum Gasteiger partial charge on any atom is 0.247 e. The van der Waals surface area contributed by atoms with Crippen LogP contribution < -0.4 is 47.0 Å². The molecule has 6 aromatic carbocycles. The molecular formula is C82H83ClF3N21O8. The van der Waals surface area contributed by atoms with Gasteiger partial charge in [-0.3, -0.25) is 19.5 Å². The first-order chi connectivity index (χ1) is 56.1. The van der Waals surface area contributed by atoms with Crippen LogP contribution in [0.25, 0.3) is 66.9 Å². The molecule has 0 radical (unpaired) electrons. The molecule has 5 aliphatic heterocycles. The zero-order valence-corrected chi connectivity index (χ0v) is 63.4. The lowest BCUT2D eigenvalue weighted by Gasteiger charge is -2.29. The summed E-state index contributed by atoms with van der Waals surface area (Å²) in [7, 11) is 0. The Morgan fingerprint density at radius 1 is 0.461 bits per heavy atom. The van der Waals surface area contributed by atoms with Gasteiger partial charge in [0.2, 0.25) is 34.9 Å². The number of benzene rings is 6. The molecule has 2 atom stereocenters. The van der Waals surface area contributed by atoms with Gasteiger partial charge in [0.1, 0.15) is 17.5 Å². The van der Waals surface area contributed by atoms with Gasteiger partial charge in [-0.05, 0) is 159 Å². The normalized spacial score (nSPS) is 16.2. The smallest absolute Gasteiger partial charge is 0.247 e. The van der Waals surface area contributed by atoms with E-state index in [1.54, 1.807) is 82.6 Å². The van der Waals surface area contributed by atoms with Crippen molar-refractivity contribution in [3.8, 4) is 33.8 Å². The Labute approximate surface area is 663 Å². The van der Waals surface area contributed by atoms with E-state index in [-0.39, 0.29) is 58.9 Å². The third kappa shape index (κ3) is 19.5. The van der Waals surface area contributed by atoms with Crippen molar-refractivity contribution in [2.45, 2.75) is 51.0 Å². The average molecular weight is 1580 g/mol. The minimum atomic E-state index is -0.334. The third-order valence-corrected chi connectivity index (χ3v) is 19.4. The van der Waals surface area contributed by atoms with Crippen LogP contribution in [0.15, 0.2) is 184 Å². The van der Waals surface area contributed by atoms with Gasteiger partial charge >= 0.3 is 0 Å². The minimum absolute atomic E-state index is 0.135. The molecule has 17 rings (SSSR count). The largest absolute Gasteiger partial charge is 0.399 e. The number of morpholine rings is 3. The SMILES string of the molecule is C=CC(=O)Nc1cccc(-c2nc(Cl)nc3c2cnn3C2CCCCO2)c1.C=CC(=O)Nc1cccc(-c2nc(Nc3ccc(N4CCOCC4)c(F)c3)nc3[nH]ncc23)c1.C=CC(=O)Nc1cccc(-c2nc(Nc3ccc(N4CCOCC4)c(F)c3)nc3c2cnn3C2CCCCO2)c1.Nc1ccc(N2CCOCC2)c(F)c1. The molecule has 3 amide bonds. The Hall–Kier alpha value is -12.7. The molecule has 115 heavy (non-hydrogen) atoms. The molecule has 0 aliphatic carbocycles. The van der Waals surface area contributed by atoms with Gasteiger partial charge in [0, 0.05) is 103 Å². The molecule has 11 heterocycles. The van der Waals surface area contributed by atoms with Crippen molar-refractivity contribution in [2.24, 2.45) is 0 Å². The molecule has 29 nitrogen and oxygen atoms in total. The van der Waals surface area contributed by atoms with E-state index in [1.807, 2.05) is 69.3 Å². The van der Waals surface area contributed by atoms with Gasteiger partial charge in [0.25, 0.3) is 0 Å². The van der Waals surface area contributed by atoms with E-state index < -0.39 is 0 Å². The Morgan fingerprint density at radius 2 is 0.870 bits per heavy atom. The van der Waals surface area contributed by atoms with E-state index in [9.17, 15) is 23.2 Å². The van der Waals surface area contributed by atoms with Crippen molar-refractivity contribution in [1.82, 2.24) is 59.7 Å². The van der Waals surface area contributed by atoms with Crippen LogP contribution in [0.5, 0.6) is 0 Å². The van der Waals surface area contributed by atoms with Crippen molar-refractivity contribution in [1.29, 1.82) is 0 Å². The number of carbonyl (C=O) groups is 3. The number of hydrogen-bond acceptors (Lipinski definition) is 23. The second-order valence-electron chi connectivity index (χ2n) is 27.0. The summed E-state index contributed by atoms with van der Waals surface area (Å²) in [6.07, 6.45) is 14.3. The average Bonchev–Trinajstić information content (AvgIpc) is 1.65. The van der Waals surface area contributed by atoms with Crippen molar-refractivity contribution >= 4 is 126 Å². The molecule has 6 aromatic heterocycles. The molecule has 2 unspecified atom stereocenters. The van der Waals surface area contributed by atoms with Crippen LogP contribution in [0.4, 0.5) is 76.3 Å². The zero-order chi connectivity index (χ0) is 79.7. The molecule has 592 valence electrons. The fraction of sp³-hybridized carbons (Fsp3) is 0.268. The number of nitrogens with one attached hydrogen (secondary N) is 6. The topological polar surface area (TPSA) is 335 Å². The van der Waals surface area contributed by atoms with Crippen molar-refractivity contribution in [3.05, 3.63) is 207 Å². The number of carbonyl (C=O) groups excluding carboxylic acids is 3. The first-order valence-electron chi connectivity index (χ1n) is 37.5. The summed E-state index contributed by atoms with van der Waals surface area (Å²) >= 11 is 6.20. The van der Waals surface area contributed by atoms with Crippen LogP contribution in [0.3, 0.4) is 0 Å². The van der Waals surface area contributed by atoms with Crippen molar-refractivity contribution in [2.75, 3.05) is 139 Å². The molecule has 0 bridgehead atoms. The van der Waals surface area contributed by atoms with Crippen LogP contribution in [0.1, 0.15) is 51.0 Å². The first kappa shape index (κ1) is 78.9. The van der Waals surface area contributed by atoms with E-state index in [0.29, 0.717) is 176 Å². The summed E-state index contributed by atoms with van der Waals surface area (Å²) in [6.45, 7) is 19.5. The van der Waals surface area contributed by atoms with Gasteiger partial charge in [-0.1, -0.05) is 56.1 Å². The summed E-state index contributed by atoms with van der Waals surface area (Å²) in [5.74, 6) is -1.24. The number of H-pyrrole nitrogens is 1. The summed E-state index contributed by atoms with van der Waals surface area (Å²) < 4.78 is 74.8. The van der Waals surface area contributed by atoms with Crippen LogP contribution in [-0.4, -0.2) is 170 Å². The lowest BCUT2D eigenvalue weighted by molar-refractivity contribution is -0.112. The van der Waals surface area contributed by atoms with E-state index in [0.717, 1.165) is 79.1 Å². The number of aromatic amines is 1. The Bertz CT molecular complexity index is 5500. The number of nitrogens with two attached hydrogens (primary N) is 1. The monoisotopic (exact) mass is 1580 g/mol. The highest BCUT2D eigenvalue weighted by Gasteiger charge is 2.27. The Kier molecular flexibility index (Phi) is 25.6. The summed E-state index contributed by atoms with van der Waals surface area (Å²) in [5, 5.41) is 33.0. The Morgan fingerprint density at radius 3 is 1.29 bits per heavy atom. The highest BCUT2D eigenvalue weighted by atomic mass is 35.5. The predicted octanol–water partition coefficient (Wildman–Crippen LogP) is 14.1. The van der Waals surface area contributed by atoms with E-state index in [1.165, 1.54) is 36.4 Å². The predicted molar refractivity (Wildman–Crippen MR) is 437 cm³/mol. The van der Waals surface area contributed by atoms with Gasteiger partial charge in [0.05, 0.1) is 109 Å². The maximum atomic E-state index is 15.1. The van der Waals surface area contributed by atoms with Gasteiger partial charge < -0.3 is 70.7 Å². The van der Waals surface area contributed by atoms with Crippen LogP contribution in [-0.2, 0) is 38.1 Å². The van der Waals surface area contributed by atoms with Gasteiger partial charge in [-0.2, -0.15) is 30.2 Å². The number of nitrogens with zero attached hydrogens (tertiary/aromatic N) is 14. The fourth-order valence-corrected chi connectivity index (χ4v) is 13.8. The van der Waals surface area contributed by atoms with Crippen molar-refractivity contribution < 1.29 is 51.2 Å². The number of hydrogen-bond donors (Lipinski definition) is 7. The summed E-state index contributed by atoms with van der Waals surface area (Å²) in [5.41, 5.74) is 16.5. The quantitative estimate of drug-likeness (QED) is 0.0238. The van der Waals surface area contributed by atoms with Crippen LogP contribution in [0.2, 0.25) is 5.28 Å². The lowest BCUT2D eigenvalue weighted by Crippen LogP contribution is -2.36. The minimum Gasteiger partial charge on any atom is -0.399 e. The van der Waals surface area contributed by atoms with Crippen LogP contribution >= 0.6 is 11.6 Å². The molecule has 12 aromatic rings.